The molecule has 0 unspecified atom stereocenters. The number of urea groups is 1. The van der Waals surface area contributed by atoms with Gasteiger partial charge in [-0.05, 0) is 42.7 Å². The molecule has 2 amide bonds. The molecule has 6 heteroatoms. The first-order valence-electron chi connectivity index (χ1n) is 9.38. The van der Waals surface area contributed by atoms with Crippen LogP contribution in [0.2, 0.25) is 0 Å². The van der Waals surface area contributed by atoms with Crippen molar-refractivity contribution in [3.8, 4) is 5.69 Å². The molecule has 0 spiro atoms. The number of carbonyl (C=O) groups is 1. The molecule has 1 heterocycles. The number of amides is 2. The molecule has 0 radical (unpaired) electrons. The second kappa shape index (κ2) is 7.40. The molecule has 4 rings (SSSR count). The van der Waals surface area contributed by atoms with Gasteiger partial charge in [-0.3, -0.25) is 4.57 Å². The first-order chi connectivity index (χ1) is 13.1. The number of aromatic nitrogens is 2. The third-order valence-corrected chi connectivity index (χ3v) is 5.23. The standard InChI is InChI=1S/C21H24N4O2/c26-20(23-14-21(27)11-3-4-12-21)22-13-16-7-9-17(10-8-16)25-15-24-18-5-1-2-6-19(18)25/h1-2,5-10,15,27H,3-4,11-14H2,(H2,22,23,26). The number of hydrogen-bond acceptors (Lipinski definition) is 3. The minimum atomic E-state index is -0.730. The number of aliphatic hydroxyl groups is 1. The topological polar surface area (TPSA) is 79.2 Å². The van der Waals surface area contributed by atoms with Gasteiger partial charge in [-0.25, -0.2) is 9.78 Å². The molecular formula is C21H24N4O2. The quantitative estimate of drug-likeness (QED) is 0.651. The van der Waals surface area contributed by atoms with Crippen LogP contribution in [-0.2, 0) is 6.54 Å². The third-order valence-electron chi connectivity index (χ3n) is 5.23. The summed E-state index contributed by atoms with van der Waals surface area (Å²) in [5, 5.41) is 15.9. The number of fused-ring (bicyclic) bond motifs is 1. The number of hydrogen-bond donors (Lipinski definition) is 3. The van der Waals surface area contributed by atoms with E-state index in [0.717, 1.165) is 48.0 Å². The maximum atomic E-state index is 12.0. The highest BCUT2D eigenvalue weighted by atomic mass is 16.3. The third kappa shape index (κ3) is 3.95. The summed E-state index contributed by atoms with van der Waals surface area (Å²) < 4.78 is 2.04. The number of para-hydroxylation sites is 2. The fourth-order valence-electron chi connectivity index (χ4n) is 3.64. The SMILES string of the molecule is O=C(NCc1ccc(-n2cnc3ccccc32)cc1)NCC1(O)CCCC1. The van der Waals surface area contributed by atoms with Crippen LogP contribution in [-0.4, -0.2) is 32.8 Å². The zero-order valence-electron chi connectivity index (χ0n) is 15.2. The molecule has 3 N–H and O–H groups in total. The van der Waals surface area contributed by atoms with Crippen molar-refractivity contribution in [3.63, 3.8) is 0 Å². The predicted molar refractivity (Wildman–Crippen MR) is 105 cm³/mol. The minimum absolute atomic E-state index is 0.250. The molecule has 0 bridgehead atoms. The van der Waals surface area contributed by atoms with E-state index >= 15 is 0 Å². The molecule has 1 saturated carbocycles. The molecule has 6 nitrogen and oxygen atoms in total. The monoisotopic (exact) mass is 364 g/mol. The molecule has 0 saturated heterocycles. The fraction of sp³-hybridized carbons (Fsp3) is 0.333. The number of benzene rings is 2. The van der Waals surface area contributed by atoms with Crippen LogP contribution < -0.4 is 10.6 Å². The average Bonchev–Trinajstić information content (AvgIpc) is 3.32. The number of rotatable bonds is 5. The van der Waals surface area contributed by atoms with Gasteiger partial charge in [0.15, 0.2) is 0 Å². The van der Waals surface area contributed by atoms with Gasteiger partial charge >= 0.3 is 6.03 Å². The van der Waals surface area contributed by atoms with Crippen LogP contribution in [0.1, 0.15) is 31.2 Å². The molecule has 1 fully saturated rings. The summed E-state index contributed by atoms with van der Waals surface area (Å²) in [5.74, 6) is 0. The van der Waals surface area contributed by atoms with Crippen LogP contribution in [0.5, 0.6) is 0 Å². The first kappa shape index (κ1) is 17.5. The normalized spacial score (nSPS) is 15.7. The van der Waals surface area contributed by atoms with Crippen molar-refractivity contribution in [2.75, 3.05) is 6.54 Å². The zero-order chi connectivity index (χ0) is 18.7. The maximum Gasteiger partial charge on any atom is 0.315 e. The molecule has 3 aromatic rings. The summed E-state index contributed by atoms with van der Waals surface area (Å²) in [6, 6.07) is 15.8. The summed E-state index contributed by atoms with van der Waals surface area (Å²) >= 11 is 0. The largest absolute Gasteiger partial charge is 0.388 e. The summed E-state index contributed by atoms with van der Waals surface area (Å²) in [4.78, 5) is 16.4. The summed E-state index contributed by atoms with van der Waals surface area (Å²) in [5.41, 5.74) is 3.33. The van der Waals surface area contributed by atoms with Gasteiger partial charge in [-0.1, -0.05) is 37.1 Å². The van der Waals surface area contributed by atoms with Crippen molar-refractivity contribution < 1.29 is 9.90 Å². The van der Waals surface area contributed by atoms with E-state index in [0.29, 0.717) is 13.1 Å². The zero-order valence-corrected chi connectivity index (χ0v) is 15.2. The lowest BCUT2D eigenvalue weighted by molar-refractivity contribution is 0.0501. The highest BCUT2D eigenvalue weighted by Crippen LogP contribution is 2.28. The van der Waals surface area contributed by atoms with Gasteiger partial charge in [-0.15, -0.1) is 0 Å². The Kier molecular flexibility index (Phi) is 4.81. The van der Waals surface area contributed by atoms with E-state index in [1.807, 2.05) is 59.4 Å². The number of carbonyl (C=O) groups excluding carboxylic acids is 1. The lowest BCUT2D eigenvalue weighted by atomic mass is 10.0. The van der Waals surface area contributed by atoms with E-state index < -0.39 is 5.60 Å². The molecule has 0 aliphatic heterocycles. The van der Waals surface area contributed by atoms with E-state index in [4.69, 9.17) is 0 Å². The molecule has 2 aromatic carbocycles. The molecular weight excluding hydrogens is 340 g/mol. The van der Waals surface area contributed by atoms with Crippen LogP contribution >= 0.6 is 0 Å². The smallest absolute Gasteiger partial charge is 0.315 e. The Balaban J connectivity index is 1.33. The van der Waals surface area contributed by atoms with Gasteiger partial charge < -0.3 is 15.7 Å². The summed E-state index contributed by atoms with van der Waals surface area (Å²) in [7, 11) is 0. The van der Waals surface area contributed by atoms with E-state index in [2.05, 4.69) is 15.6 Å². The van der Waals surface area contributed by atoms with Gasteiger partial charge in [0.05, 0.1) is 16.6 Å². The van der Waals surface area contributed by atoms with Crippen molar-refractivity contribution in [3.05, 3.63) is 60.4 Å². The van der Waals surface area contributed by atoms with E-state index in [1.54, 1.807) is 0 Å². The molecule has 140 valence electrons. The Bertz CT molecular complexity index is 927. The second-order valence-corrected chi connectivity index (χ2v) is 7.24. The van der Waals surface area contributed by atoms with Crippen molar-refractivity contribution in [2.24, 2.45) is 0 Å². The molecule has 1 aliphatic carbocycles. The van der Waals surface area contributed by atoms with Crippen molar-refractivity contribution in [1.29, 1.82) is 0 Å². The average molecular weight is 364 g/mol. The maximum absolute atomic E-state index is 12.0. The second-order valence-electron chi connectivity index (χ2n) is 7.24. The van der Waals surface area contributed by atoms with Gasteiger partial charge in [-0.2, -0.15) is 0 Å². The van der Waals surface area contributed by atoms with E-state index in [9.17, 15) is 9.90 Å². The van der Waals surface area contributed by atoms with Crippen molar-refractivity contribution >= 4 is 17.1 Å². The highest BCUT2D eigenvalue weighted by Gasteiger charge is 2.31. The molecule has 27 heavy (non-hydrogen) atoms. The molecule has 1 aliphatic rings. The predicted octanol–water partition coefficient (Wildman–Crippen LogP) is 3.13. The van der Waals surface area contributed by atoms with Crippen LogP contribution in [0, 0.1) is 0 Å². The number of nitrogens with one attached hydrogen (secondary N) is 2. The van der Waals surface area contributed by atoms with Crippen LogP contribution in [0.3, 0.4) is 0 Å². The fourth-order valence-corrected chi connectivity index (χ4v) is 3.64. The Labute approximate surface area is 158 Å². The Morgan fingerprint density at radius 3 is 2.59 bits per heavy atom. The van der Waals surface area contributed by atoms with E-state index in [-0.39, 0.29) is 6.03 Å². The lowest BCUT2D eigenvalue weighted by Crippen LogP contribution is -2.44. The lowest BCUT2D eigenvalue weighted by Gasteiger charge is -2.22. The summed E-state index contributed by atoms with van der Waals surface area (Å²) in [6.07, 6.45) is 5.39. The van der Waals surface area contributed by atoms with Crippen LogP contribution in [0.25, 0.3) is 16.7 Å². The van der Waals surface area contributed by atoms with E-state index in [1.165, 1.54) is 0 Å². The first-order valence-corrected chi connectivity index (χ1v) is 9.38. The highest BCUT2D eigenvalue weighted by molar-refractivity contribution is 5.77. The number of nitrogens with zero attached hydrogens (tertiary/aromatic N) is 2. The molecule has 0 atom stereocenters. The Hall–Kier alpha value is -2.86. The van der Waals surface area contributed by atoms with Crippen molar-refractivity contribution in [1.82, 2.24) is 20.2 Å². The van der Waals surface area contributed by atoms with Gasteiger partial charge in [0.2, 0.25) is 0 Å². The van der Waals surface area contributed by atoms with Gasteiger partial charge in [0, 0.05) is 18.8 Å². The van der Waals surface area contributed by atoms with Gasteiger partial charge in [0.25, 0.3) is 0 Å². The van der Waals surface area contributed by atoms with Gasteiger partial charge in [0.1, 0.15) is 6.33 Å². The minimum Gasteiger partial charge on any atom is -0.388 e. The van der Waals surface area contributed by atoms with Crippen molar-refractivity contribution in [2.45, 2.75) is 37.8 Å². The number of imidazole rings is 1. The Morgan fingerprint density at radius 2 is 1.81 bits per heavy atom. The van der Waals surface area contributed by atoms with Crippen LogP contribution in [0.4, 0.5) is 4.79 Å². The summed E-state index contributed by atoms with van der Waals surface area (Å²) in [6.45, 7) is 0.751. The molecule has 1 aromatic heterocycles. The Morgan fingerprint density at radius 1 is 1.07 bits per heavy atom. The van der Waals surface area contributed by atoms with Crippen LogP contribution in [0.15, 0.2) is 54.9 Å².